The van der Waals surface area contributed by atoms with Crippen LogP contribution in [-0.4, -0.2) is 52.6 Å². The second-order valence-corrected chi connectivity index (χ2v) is 5.78. The minimum Gasteiger partial charge on any atom is -0.369 e. The largest absolute Gasteiger partial charge is 0.369 e. The fraction of sp³-hybridized carbons (Fsp3) is 0.500. The third-order valence-electron chi connectivity index (χ3n) is 4.19. The third-order valence-corrected chi connectivity index (χ3v) is 4.19. The normalized spacial score (nSPS) is 16.4. The maximum atomic E-state index is 4.01. The molecular weight excluding hydrogens is 262 g/mol. The number of benzene rings is 1. The summed E-state index contributed by atoms with van der Waals surface area (Å²) in [5, 5.41) is 7.86. The SMILES string of the molecule is Cc1ccc(C)c(N2CCN(CCn3ccnn3)CC2)c1. The molecule has 0 atom stereocenters. The number of piperazine rings is 1. The van der Waals surface area contributed by atoms with Crippen molar-refractivity contribution in [2.45, 2.75) is 20.4 Å². The predicted octanol–water partition coefficient (Wildman–Crippen LogP) is 1.72. The number of aromatic nitrogens is 3. The van der Waals surface area contributed by atoms with Gasteiger partial charge in [-0.1, -0.05) is 17.3 Å². The second kappa shape index (κ2) is 6.26. The molecule has 1 aromatic carbocycles. The van der Waals surface area contributed by atoms with Crippen LogP contribution in [0.4, 0.5) is 5.69 Å². The van der Waals surface area contributed by atoms with E-state index in [4.69, 9.17) is 0 Å². The van der Waals surface area contributed by atoms with Gasteiger partial charge in [-0.15, -0.1) is 5.10 Å². The zero-order chi connectivity index (χ0) is 14.7. The van der Waals surface area contributed by atoms with Crippen LogP contribution in [0, 0.1) is 13.8 Å². The molecule has 0 N–H and O–H groups in total. The average Bonchev–Trinajstić information content (AvgIpc) is 3.02. The molecule has 3 rings (SSSR count). The Kier molecular flexibility index (Phi) is 4.20. The van der Waals surface area contributed by atoms with Gasteiger partial charge in [0.25, 0.3) is 0 Å². The molecule has 0 amide bonds. The number of anilines is 1. The fourth-order valence-electron chi connectivity index (χ4n) is 2.87. The molecule has 0 spiro atoms. The summed E-state index contributed by atoms with van der Waals surface area (Å²) in [7, 11) is 0. The van der Waals surface area contributed by atoms with Gasteiger partial charge in [-0.3, -0.25) is 9.58 Å². The van der Waals surface area contributed by atoms with Crippen LogP contribution >= 0.6 is 0 Å². The molecule has 1 fully saturated rings. The molecule has 0 radical (unpaired) electrons. The Morgan fingerprint density at radius 1 is 1.05 bits per heavy atom. The summed E-state index contributed by atoms with van der Waals surface area (Å²) in [6.45, 7) is 10.8. The molecule has 5 heteroatoms. The molecule has 2 aromatic rings. The molecule has 0 aliphatic carbocycles. The van der Waals surface area contributed by atoms with Crippen LogP contribution in [0.2, 0.25) is 0 Å². The monoisotopic (exact) mass is 285 g/mol. The van der Waals surface area contributed by atoms with Gasteiger partial charge in [-0.2, -0.15) is 0 Å². The molecule has 5 nitrogen and oxygen atoms in total. The topological polar surface area (TPSA) is 37.2 Å². The first-order valence-corrected chi connectivity index (χ1v) is 7.61. The van der Waals surface area contributed by atoms with Gasteiger partial charge in [0.1, 0.15) is 0 Å². The van der Waals surface area contributed by atoms with Crippen molar-refractivity contribution in [3.63, 3.8) is 0 Å². The van der Waals surface area contributed by atoms with Gasteiger partial charge in [0.05, 0.1) is 12.7 Å². The van der Waals surface area contributed by atoms with E-state index < -0.39 is 0 Å². The summed E-state index contributed by atoms with van der Waals surface area (Å²) in [5.41, 5.74) is 4.10. The smallest absolute Gasteiger partial charge is 0.0692 e. The molecule has 1 aliphatic rings. The second-order valence-electron chi connectivity index (χ2n) is 5.78. The van der Waals surface area contributed by atoms with E-state index in [1.54, 1.807) is 6.20 Å². The van der Waals surface area contributed by atoms with E-state index in [1.807, 2.05) is 10.9 Å². The maximum absolute atomic E-state index is 4.01. The molecule has 1 saturated heterocycles. The van der Waals surface area contributed by atoms with Crippen LogP contribution in [0.3, 0.4) is 0 Å². The van der Waals surface area contributed by atoms with Crippen molar-refractivity contribution >= 4 is 5.69 Å². The van der Waals surface area contributed by atoms with E-state index in [0.29, 0.717) is 0 Å². The summed E-state index contributed by atoms with van der Waals surface area (Å²) >= 11 is 0. The Labute approximate surface area is 126 Å². The first-order valence-electron chi connectivity index (χ1n) is 7.61. The quantitative estimate of drug-likeness (QED) is 0.857. The van der Waals surface area contributed by atoms with Gasteiger partial charge in [-0.05, 0) is 31.0 Å². The Morgan fingerprint density at radius 2 is 1.86 bits per heavy atom. The zero-order valence-corrected chi connectivity index (χ0v) is 12.9. The van der Waals surface area contributed by atoms with Crippen molar-refractivity contribution in [2.24, 2.45) is 0 Å². The number of rotatable bonds is 4. The highest BCUT2D eigenvalue weighted by Gasteiger charge is 2.18. The van der Waals surface area contributed by atoms with E-state index in [9.17, 15) is 0 Å². The van der Waals surface area contributed by atoms with Crippen LogP contribution in [0.15, 0.2) is 30.6 Å². The van der Waals surface area contributed by atoms with E-state index in [-0.39, 0.29) is 0 Å². The molecule has 1 aliphatic heterocycles. The molecule has 2 heterocycles. The maximum Gasteiger partial charge on any atom is 0.0692 e. The number of aryl methyl sites for hydroxylation is 2. The first kappa shape index (κ1) is 14.1. The van der Waals surface area contributed by atoms with Crippen LogP contribution in [0.5, 0.6) is 0 Å². The van der Waals surface area contributed by atoms with Crippen molar-refractivity contribution in [3.8, 4) is 0 Å². The lowest BCUT2D eigenvalue weighted by atomic mass is 10.1. The summed E-state index contributed by atoms with van der Waals surface area (Å²) < 4.78 is 1.90. The number of hydrogen-bond acceptors (Lipinski definition) is 4. The molecule has 0 unspecified atom stereocenters. The van der Waals surface area contributed by atoms with E-state index >= 15 is 0 Å². The van der Waals surface area contributed by atoms with Crippen molar-refractivity contribution in [3.05, 3.63) is 41.7 Å². The first-order chi connectivity index (χ1) is 10.2. The zero-order valence-electron chi connectivity index (χ0n) is 12.9. The van der Waals surface area contributed by atoms with Crippen molar-refractivity contribution in [1.29, 1.82) is 0 Å². The van der Waals surface area contributed by atoms with Crippen LogP contribution < -0.4 is 4.90 Å². The van der Waals surface area contributed by atoms with Gasteiger partial charge in [0.2, 0.25) is 0 Å². The molecule has 1 aromatic heterocycles. The predicted molar refractivity (Wildman–Crippen MR) is 84.6 cm³/mol. The lowest BCUT2D eigenvalue weighted by Gasteiger charge is -2.36. The average molecular weight is 285 g/mol. The highest BCUT2D eigenvalue weighted by atomic mass is 15.4. The van der Waals surface area contributed by atoms with Gasteiger partial charge in [0.15, 0.2) is 0 Å². The summed E-state index contributed by atoms with van der Waals surface area (Å²) in [6.07, 6.45) is 3.66. The highest BCUT2D eigenvalue weighted by molar-refractivity contribution is 5.55. The standard InChI is InChI=1S/C16H23N5/c1-14-3-4-15(2)16(13-14)20-10-7-19(8-11-20)9-12-21-6-5-17-18-21/h3-6,13H,7-12H2,1-2H3. The molecule has 112 valence electrons. The van der Waals surface area contributed by atoms with Crippen LogP contribution in [-0.2, 0) is 6.54 Å². The van der Waals surface area contributed by atoms with Crippen molar-refractivity contribution in [2.75, 3.05) is 37.6 Å². The van der Waals surface area contributed by atoms with E-state index in [2.05, 4.69) is 52.2 Å². The highest BCUT2D eigenvalue weighted by Crippen LogP contribution is 2.22. The van der Waals surface area contributed by atoms with E-state index in [0.717, 1.165) is 39.3 Å². The molecular formula is C16H23N5. The lowest BCUT2D eigenvalue weighted by Crippen LogP contribution is -2.47. The minimum absolute atomic E-state index is 0.920. The summed E-state index contributed by atoms with van der Waals surface area (Å²) in [4.78, 5) is 5.01. The van der Waals surface area contributed by atoms with Gasteiger partial charge in [0, 0.05) is 44.6 Å². The minimum atomic E-state index is 0.920. The number of hydrogen-bond donors (Lipinski definition) is 0. The fourth-order valence-corrected chi connectivity index (χ4v) is 2.87. The Bertz CT molecular complexity index is 570. The molecule has 0 saturated carbocycles. The molecule has 21 heavy (non-hydrogen) atoms. The molecule has 0 bridgehead atoms. The van der Waals surface area contributed by atoms with Gasteiger partial charge >= 0.3 is 0 Å². The van der Waals surface area contributed by atoms with Gasteiger partial charge in [-0.25, -0.2) is 0 Å². The van der Waals surface area contributed by atoms with Crippen LogP contribution in [0.1, 0.15) is 11.1 Å². The van der Waals surface area contributed by atoms with Crippen molar-refractivity contribution < 1.29 is 0 Å². The lowest BCUT2D eigenvalue weighted by molar-refractivity contribution is 0.243. The summed E-state index contributed by atoms with van der Waals surface area (Å²) in [6, 6.07) is 6.72. The van der Waals surface area contributed by atoms with E-state index in [1.165, 1.54) is 16.8 Å². The Hall–Kier alpha value is -1.88. The van der Waals surface area contributed by atoms with Crippen LogP contribution in [0.25, 0.3) is 0 Å². The Morgan fingerprint density at radius 3 is 2.57 bits per heavy atom. The number of nitrogens with zero attached hydrogens (tertiary/aromatic N) is 5. The van der Waals surface area contributed by atoms with Gasteiger partial charge < -0.3 is 4.90 Å². The summed E-state index contributed by atoms with van der Waals surface area (Å²) in [5.74, 6) is 0. The third kappa shape index (κ3) is 3.42. The van der Waals surface area contributed by atoms with Crippen molar-refractivity contribution in [1.82, 2.24) is 19.9 Å². The Balaban J connectivity index is 1.54.